The number of aliphatic hydroxyl groups excluding tert-OH is 1. The van der Waals surface area contributed by atoms with Gasteiger partial charge in [0.25, 0.3) is 5.91 Å². The quantitative estimate of drug-likeness (QED) is 0.848. The molecule has 0 aliphatic carbocycles. The molecule has 2 N–H and O–H groups in total. The summed E-state index contributed by atoms with van der Waals surface area (Å²) in [6, 6.07) is 7.07. The highest BCUT2D eigenvalue weighted by molar-refractivity contribution is 6.30. The molecule has 0 saturated carbocycles. The number of benzene rings is 1. The highest BCUT2D eigenvalue weighted by atomic mass is 35.5. The lowest BCUT2D eigenvalue weighted by Gasteiger charge is -2.17. The minimum absolute atomic E-state index is 0.124. The monoisotopic (exact) mass is 336 g/mol. The number of aryl methyl sites for hydroxylation is 1. The predicted octanol–water partition coefficient (Wildman–Crippen LogP) is 2.37. The van der Waals surface area contributed by atoms with Gasteiger partial charge in [0.05, 0.1) is 17.5 Å². The molecule has 2 atom stereocenters. The third-order valence-corrected chi connectivity index (χ3v) is 4.04. The third kappa shape index (κ3) is 4.30. The van der Waals surface area contributed by atoms with Crippen molar-refractivity contribution in [1.82, 2.24) is 20.3 Å². The topological polar surface area (TPSA) is 80.0 Å². The van der Waals surface area contributed by atoms with Gasteiger partial charge in [0.1, 0.15) is 0 Å². The second-order valence-corrected chi connectivity index (χ2v) is 6.00. The second kappa shape index (κ2) is 7.57. The summed E-state index contributed by atoms with van der Waals surface area (Å²) in [6.45, 7) is 5.85. The number of aromatic nitrogens is 3. The van der Waals surface area contributed by atoms with Gasteiger partial charge in [-0.1, -0.05) is 37.9 Å². The van der Waals surface area contributed by atoms with E-state index in [4.69, 9.17) is 11.6 Å². The lowest BCUT2D eigenvalue weighted by Crippen LogP contribution is -2.35. The van der Waals surface area contributed by atoms with Crippen LogP contribution in [-0.2, 0) is 0 Å². The molecule has 0 saturated heterocycles. The molecule has 6 nitrogen and oxygen atoms in total. The van der Waals surface area contributed by atoms with E-state index in [1.807, 2.05) is 13.8 Å². The van der Waals surface area contributed by atoms with Crippen molar-refractivity contribution in [1.29, 1.82) is 0 Å². The van der Waals surface area contributed by atoms with E-state index in [0.717, 1.165) is 6.42 Å². The molecule has 124 valence electrons. The molecular weight excluding hydrogens is 316 g/mol. The first-order valence-corrected chi connectivity index (χ1v) is 7.96. The molecule has 0 spiro atoms. The summed E-state index contributed by atoms with van der Waals surface area (Å²) in [6.07, 6.45) is 0.272. The maximum atomic E-state index is 12.2. The van der Waals surface area contributed by atoms with Crippen molar-refractivity contribution in [2.24, 2.45) is 5.92 Å². The molecule has 1 heterocycles. The van der Waals surface area contributed by atoms with E-state index in [-0.39, 0.29) is 24.1 Å². The molecule has 1 aromatic carbocycles. The van der Waals surface area contributed by atoms with E-state index in [1.165, 1.54) is 4.80 Å². The van der Waals surface area contributed by atoms with Crippen molar-refractivity contribution >= 4 is 17.5 Å². The minimum atomic E-state index is -0.577. The van der Waals surface area contributed by atoms with Crippen LogP contribution in [-0.4, -0.2) is 38.7 Å². The van der Waals surface area contributed by atoms with Crippen LogP contribution in [0, 0.1) is 12.8 Å². The Morgan fingerprint density at radius 2 is 2.17 bits per heavy atom. The van der Waals surface area contributed by atoms with E-state index in [9.17, 15) is 9.90 Å². The van der Waals surface area contributed by atoms with E-state index in [0.29, 0.717) is 16.4 Å². The standard InChI is InChI=1S/C16H21ClN4O2/c1-4-10(2)14(22)9-18-16(23)15-11(3)19-21(20-15)13-7-5-6-12(17)8-13/h5-8,10,14,22H,4,9H2,1-3H3,(H,18,23). The van der Waals surface area contributed by atoms with Crippen molar-refractivity contribution in [3.63, 3.8) is 0 Å². The molecule has 1 aromatic heterocycles. The molecule has 2 rings (SSSR count). The van der Waals surface area contributed by atoms with Crippen LogP contribution in [0.3, 0.4) is 0 Å². The minimum Gasteiger partial charge on any atom is -0.391 e. The van der Waals surface area contributed by atoms with Crippen LogP contribution >= 0.6 is 11.6 Å². The maximum absolute atomic E-state index is 12.2. The first-order valence-electron chi connectivity index (χ1n) is 7.58. The summed E-state index contributed by atoms with van der Waals surface area (Å²) in [5, 5.41) is 21.7. The molecule has 23 heavy (non-hydrogen) atoms. The maximum Gasteiger partial charge on any atom is 0.273 e. The average molecular weight is 337 g/mol. The number of halogens is 1. The smallest absolute Gasteiger partial charge is 0.273 e. The first kappa shape index (κ1) is 17.4. The molecule has 0 aliphatic heterocycles. The second-order valence-electron chi connectivity index (χ2n) is 5.57. The normalized spacial score (nSPS) is 13.6. The Labute approximate surface area is 140 Å². The van der Waals surface area contributed by atoms with Gasteiger partial charge < -0.3 is 10.4 Å². The van der Waals surface area contributed by atoms with Gasteiger partial charge in [-0.05, 0) is 31.0 Å². The highest BCUT2D eigenvalue weighted by Crippen LogP contribution is 2.14. The molecule has 2 unspecified atom stereocenters. The molecule has 0 aliphatic rings. The fraction of sp³-hybridized carbons (Fsp3) is 0.438. The summed E-state index contributed by atoms with van der Waals surface area (Å²) in [7, 11) is 0. The number of rotatable bonds is 6. The summed E-state index contributed by atoms with van der Waals surface area (Å²) >= 11 is 5.96. The number of amides is 1. The van der Waals surface area contributed by atoms with Gasteiger partial charge in [0.15, 0.2) is 5.69 Å². The van der Waals surface area contributed by atoms with Crippen molar-refractivity contribution in [3.05, 3.63) is 40.7 Å². The van der Waals surface area contributed by atoms with Gasteiger partial charge in [0, 0.05) is 11.6 Å². The van der Waals surface area contributed by atoms with Gasteiger partial charge in [-0.2, -0.15) is 9.90 Å². The first-order chi connectivity index (χ1) is 10.9. The van der Waals surface area contributed by atoms with Crippen molar-refractivity contribution in [2.45, 2.75) is 33.3 Å². The fourth-order valence-corrected chi connectivity index (χ4v) is 2.24. The SMILES string of the molecule is CCC(C)C(O)CNC(=O)c1nn(-c2cccc(Cl)c2)nc1C. The molecule has 7 heteroatoms. The number of aliphatic hydroxyl groups is 1. The van der Waals surface area contributed by atoms with Gasteiger partial charge in [-0.25, -0.2) is 0 Å². The number of hydrogen-bond acceptors (Lipinski definition) is 4. The number of carbonyl (C=O) groups excluding carboxylic acids is 1. The van der Waals surface area contributed by atoms with E-state index >= 15 is 0 Å². The molecule has 0 fully saturated rings. The number of carbonyl (C=O) groups is 1. The van der Waals surface area contributed by atoms with Gasteiger partial charge >= 0.3 is 0 Å². The van der Waals surface area contributed by atoms with Crippen molar-refractivity contribution < 1.29 is 9.90 Å². The average Bonchev–Trinajstić information content (AvgIpc) is 2.93. The van der Waals surface area contributed by atoms with Gasteiger partial charge in [-0.15, -0.1) is 5.10 Å². The van der Waals surface area contributed by atoms with E-state index < -0.39 is 6.10 Å². The number of nitrogens with zero attached hydrogens (tertiary/aromatic N) is 3. The third-order valence-electron chi connectivity index (χ3n) is 3.81. The summed E-state index contributed by atoms with van der Waals surface area (Å²) < 4.78 is 0. The Morgan fingerprint density at radius 3 is 2.83 bits per heavy atom. The Bertz CT molecular complexity index is 686. The Hall–Kier alpha value is -1.92. The van der Waals surface area contributed by atoms with E-state index in [1.54, 1.807) is 31.2 Å². The van der Waals surface area contributed by atoms with Gasteiger partial charge in [-0.3, -0.25) is 4.79 Å². The molecule has 1 amide bonds. The van der Waals surface area contributed by atoms with Crippen LogP contribution in [0.15, 0.2) is 24.3 Å². The summed E-state index contributed by atoms with van der Waals surface area (Å²) in [5.74, 6) is -0.225. The van der Waals surface area contributed by atoms with Crippen LogP contribution in [0.1, 0.15) is 36.5 Å². The molecule has 0 bridgehead atoms. The Kier molecular flexibility index (Phi) is 5.74. The zero-order valence-corrected chi connectivity index (χ0v) is 14.2. The van der Waals surface area contributed by atoms with Crippen LogP contribution in [0.5, 0.6) is 0 Å². The summed E-state index contributed by atoms with van der Waals surface area (Å²) in [4.78, 5) is 13.6. The largest absolute Gasteiger partial charge is 0.391 e. The summed E-state index contributed by atoms with van der Waals surface area (Å²) in [5.41, 5.74) is 1.43. The van der Waals surface area contributed by atoms with Crippen molar-refractivity contribution in [3.8, 4) is 5.69 Å². The molecular formula is C16H21ClN4O2. The zero-order chi connectivity index (χ0) is 17.0. The zero-order valence-electron chi connectivity index (χ0n) is 13.5. The van der Waals surface area contributed by atoms with E-state index in [2.05, 4.69) is 15.5 Å². The number of hydrogen-bond donors (Lipinski definition) is 2. The lowest BCUT2D eigenvalue weighted by molar-refractivity contribution is 0.0845. The Morgan fingerprint density at radius 1 is 1.43 bits per heavy atom. The van der Waals surface area contributed by atoms with Crippen LogP contribution < -0.4 is 5.32 Å². The lowest BCUT2D eigenvalue weighted by atomic mass is 10.0. The van der Waals surface area contributed by atoms with Crippen molar-refractivity contribution in [2.75, 3.05) is 6.54 Å². The molecule has 2 aromatic rings. The predicted molar refractivity (Wildman–Crippen MR) is 88.9 cm³/mol. The van der Waals surface area contributed by atoms with Crippen LogP contribution in [0.25, 0.3) is 5.69 Å². The number of nitrogens with one attached hydrogen (secondary N) is 1. The Balaban J connectivity index is 2.10. The van der Waals surface area contributed by atoms with Crippen LogP contribution in [0.2, 0.25) is 5.02 Å². The highest BCUT2D eigenvalue weighted by Gasteiger charge is 2.19. The fourth-order valence-electron chi connectivity index (χ4n) is 2.06. The molecule has 0 radical (unpaired) electrons. The van der Waals surface area contributed by atoms with Gasteiger partial charge in [0.2, 0.25) is 0 Å². The van der Waals surface area contributed by atoms with Crippen LogP contribution in [0.4, 0.5) is 0 Å².